The average molecular weight is 305 g/mol. The van der Waals surface area contributed by atoms with E-state index >= 15 is 0 Å². The second-order valence-corrected chi connectivity index (χ2v) is 5.67. The first-order valence-corrected chi connectivity index (χ1v) is 7.55. The van der Waals surface area contributed by atoms with Crippen molar-refractivity contribution in [2.45, 2.75) is 0 Å². The summed E-state index contributed by atoms with van der Waals surface area (Å²) in [7, 11) is 0. The summed E-state index contributed by atoms with van der Waals surface area (Å²) in [6, 6.07) is 11.9. The Labute approximate surface area is 130 Å². The van der Waals surface area contributed by atoms with Crippen LogP contribution in [0.4, 0.5) is 11.1 Å². The summed E-state index contributed by atoms with van der Waals surface area (Å²) in [6.45, 7) is 0. The van der Waals surface area contributed by atoms with Gasteiger partial charge in [0, 0.05) is 30.4 Å². The number of hydrogen-bond acceptors (Lipinski definition) is 6. The Hall–Kier alpha value is -2.86. The summed E-state index contributed by atoms with van der Waals surface area (Å²) >= 11 is 1.58. The normalized spacial score (nSPS) is 10.7. The van der Waals surface area contributed by atoms with Crippen molar-refractivity contribution in [1.29, 1.82) is 0 Å². The number of anilines is 2. The Bertz CT molecular complexity index is 870. The molecule has 0 aliphatic rings. The highest BCUT2D eigenvalue weighted by Crippen LogP contribution is 2.27. The third-order valence-electron chi connectivity index (χ3n) is 3.18. The van der Waals surface area contributed by atoms with Gasteiger partial charge in [0.2, 0.25) is 5.95 Å². The lowest BCUT2D eigenvalue weighted by atomic mass is 10.1. The number of pyridine rings is 1. The third-order valence-corrected chi connectivity index (χ3v) is 4.13. The van der Waals surface area contributed by atoms with Gasteiger partial charge in [-0.3, -0.25) is 4.98 Å². The zero-order chi connectivity index (χ0) is 14.8. The standard InChI is InChI=1S/C16H11N5S/c1-2-4-14-13(3-1)20-16(22-14)21-15-18-9-12(10-19-15)11-5-7-17-8-6-11/h1-10H,(H,18,19,20,21). The van der Waals surface area contributed by atoms with Gasteiger partial charge in [-0.05, 0) is 29.8 Å². The number of hydrogen-bond donors (Lipinski definition) is 1. The van der Waals surface area contributed by atoms with Crippen molar-refractivity contribution in [3.05, 3.63) is 61.2 Å². The number of aromatic nitrogens is 4. The van der Waals surface area contributed by atoms with Crippen LogP contribution in [0.1, 0.15) is 0 Å². The first kappa shape index (κ1) is 12.8. The number of nitrogens with one attached hydrogen (secondary N) is 1. The molecule has 0 spiro atoms. The number of nitrogens with zero attached hydrogens (tertiary/aromatic N) is 4. The van der Waals surface area contributed by atoms with Crippen LogP contribution in [-0.2, 0) is 0 Å². The molecule has 22 heavy (non-hydrogen) atoms. The van der Waals surface area contributed by atoms with Gasteiger partial charge in [-0.15, -0.1) is 0 Å². The molecule has 0 amide bonds. The maximum absolute atomic E-state index is 4.51. The van der Waals surface area contributed by atoms with Gasteiger partial charge in [0.15, 0.2) is 5.13 Å². The quantitative estimate of drug-likeness (QED) is 0.622. The molecule has 1 N–H and O–H groups in total. The van der Waals surface area contributed by atoms with Crippen molar-refractivity contribution >= 4 is 32.6 Å². The van der Waals surface area contributed by atoms with Crippen LogP contribution >= 0.6 is 11.3 Å². The van der Waals surface area contributed by atoms with E-state index in [0.717, 1.165) is 26.5 Å². The number of benzene rings is 1. The fourth-order valence-electron chi connectivity index (χ4n) is 2.11. The summed E-state index contributed by atoms with van der Waals surface area (Å²) in [4.78, 5) is 17.2. The minimum atomic E-state index is 0.539. The highest BCUT2D eigenvalue weighted by atomic mass is 32.1. The summed E-state index contributed by atoms with van der Waals surface area (Å²) < 4.78 is 1.14. The van der Waals surface area contributed by atoms with Crippen LogP contribution in [0.5, 0.6) is 0 Å². The summed E-state index contributed by atoms with van der Waals surface area (Å²) in [5, 5.41) is 3.93. The van der Waals surface area contributed by atoms with Crippen LogP contribution in [-0.4, -0.2) is 19.9 Å². The summed E-state index contributed by atoms with van der Waals surface area (Å²) in [5.74, 6) is 0.539. The van der Waals surface area contributed by atoms with Crippen molar-refractivity contribution < 1.29 is 0 Å². The Morgan fingerprint density at radius 3 is 2.41 bits per heavy atom. The SMILES string of the molecule is c1ccc2sc(Nc3ncc(-c4ccncc4)cn3)nc2c1. The molecule has 106 valence electrons. The molecule has 0 aliphatic carbocycles. The van der Waals surface area contributed by atoms with Crippen molar-refractivity contribution in [2.24, 2.45) is 0 Å². The molecular weight excluding hydrogens is 294 g/mol. The Morgan fingerprint density at radius 1 is 0.864 bits per heavy atom. The second kappa shape index (κ2) is 5.50. The van der Waals surface area contributed by atoms with Crippen LogP contribution in [0.15, 0.2) is 61.2 Å². The van der Waals surface area contributed by atoms with Gasteiger partial charge in [-0.1, -0.05) is 23.5 Å². The first-order chi connectivity index (χ1) is 10.9. The molecule has 0 fully saturated rings. The van der Waals surface area contributed by atoms with E-state index in [0.29, 0.717) is 5.95 Å². The molecule has 0 saturated heterocycles. The smallest absolute Gasteiger partial charge is 0.228 e. The minimum Gasteiger partial charge on any atom is -0.300 e. The fraction of sp³-hybridized carbons (Fsp3) is 0. The summed E-state index contributed by atoms with van der Waals surface area (Å²) in [5.41, 5.74) is 2.97. The largest absolute Gasteiger partial charge is 0.300 e. The molecule has 3 aromatic heterocycles. The van der Waals surface area contributed by atoms with Gasteiger partial charge in [-0.2, -0.15) is 0 Å². The molecule has 0 aliphatic heterocycles. The van der Waals surface area contributed by atoms with Crippen LogP contribution in [0.3, 0.4) is 0 Å². The number of fused-ring (bicyclic) bond motifs is 1. The van der Waals surface area contributed by atoms with Crippen LogP contribution in [0, 0.1) is 0 Å². The second-order valence-electron chi connectivity index (χ2n) is 4.64. The van der Waals surface area contributed by atoms with E-state index in [2.05, 4.69) is 25.3 Å². The lowest BCUT2D eigenvalue weighted by Crippen LogP contribution is -1.96. The van der Waals surface area contributed by atoms with Crippen LogP contribution in [0.25, 0.3) is 21.3 Å². The molecule has 0 saturated carbocycles. The van der Waals surface area contributed by atoms with E-state index in [-0.39, 0.29) is 0 Å². The van der Waals surface area contributed by atoms with Gasteiger partial charge in [0.1, 0.15) is 0 Å². The lowest BCUT2D eigenvalue weighted by molar-refractivity contribution is 1.16. The number of para-hydroxylation sites is 1. The van der Waals surface area contributed by atoms with Gasteiger partial charge >= 0.3 is 0 Å². The number of thiazole rings is 1. The lowest BCUT2D eigenvalue weighted by Gasteiger charge is -2.02. The predicted molar refractivity (Wildman–Crippen MR) is 88.2 cm³/mol. The van der Waals surface area contributed by atoms with E-state index in [4.69, 9.17) is 0 Å². The van der Waals surface area contributed by atoms with E-state index in [9.17, 15) is 0 Å². The predicted octanol–water partition coefficient (Wildman–Crippen LogP) is 3.89. The molecule has 0 atom stereocenters. The molecule has 6 heteroatoms. The topological polar surface area (TPSA) is 63.6 Å². The zero-order valence-electron chi connectivity index (χ0n) is 11.5. The van der Waals surface area contributed by atoms with E-state index < -0.39 is 0 Å². The molecule has 1 aromatic carbocycles. The van der Waals surface area contributed by atoms with Gasteiger partial charge in [0.25, 0.3) is 0 Å². The number of rotatable bonds is 3. The molecular formula is C16H11N5S. The molecule has 4 aromatic rings. The first-order valence-electron chi connectivity index (χ1n) is 6.73. The third kappa shape index (κ3) is 2.51. The Morgan fingerprint density at radius 2 is 1.64 bits per heavy atom. The van der Waals surface area contributed by atoms with E-state index in [1.807, 2.05) is 36.4 Å². The van der Waals surface area contributed by atoms with Crippen LogP contribution in [0.2, 0.25) is 0 Å². The molecule has 0 radical (unpaired) electrons. The Kier molecular flexibility index (Phi) is 3.21. The van der Waals surface area contributed by atoms with Crippen LogP contribution < -0.4 is 5.32 Å². The molecule has 0 unspecified atom stereocenters. The molecule has 5 nitrogen and oxygen atoms in total. The van der Waals surface area contributed by atoms with E-state index in [1.165, 1.54) is 0 Å². The monoisotopic (exact) mass is 305 g/mol. The maximum atomic E-state index is 4.51. The van der Waals surface area contributed by atoms with Crippen molar-refractivity contribution in [3.8, 4) is 11.1 Å². The van der Waals surface area contributed by atoms with E-state index in [1.54, 1.807) is 36.1 Å². The highest BCUT2D eigenvalue weighted by molar-refractivity contribution is 7.22. The van der Waals surface area contributed by atoms with Crippen molar-refractivity contribution in [3.63, 3.8) is 0 Å². The molecule has 0 bridgehead atoms. The molecule has 4 rings (SSSR count). The average Bonchev–Trinajstić information content (AvgIpc) is 2.98. The highest BCUT2D eigenvalue weighted by Gasteiger charge is 2.05. The Balaban J connectivity index is 1.58. The van der Waals surface area contributed by atoms with Gasteiger partial charge in [0.05, 0.1) is 10.2 Å². The fourth-order valence-corrected chi connectivity index (χ4v) is 2.97. The zero-order valence-corrected chi connectivity index (χ0v) is 12.3. The maximum Gasteiger partial charge on any atom is 0.228 e. The summed E-state index contributed by atoms with van der Waals surface area (Å²) in [6.07, 6.45) is 7.08. The molecule has 3 heterocycles. The van der Waals surface area contributed by atoms with Crippen molar-refractivity contribution in [2.75, 3.05) is 5.32 Å². The van der Waals surface area contributed by atoms with Crippen molar-refractivity contribution in [1.82, 2.24) is 19.9 Å². The van der Waals surface area contributed by atoms with Gasteiger partial charge in [-0.25, -0.2) is 15.0 Å². The minimum absolute atomic E-state index is 0.539. The van der Waals surface area contributed by atoms with Gasteiger partial charge < -0.3 is 5.32 Å².